The highest BCUT2D eigenvalue weighted by Gasteiger charge is 2.08. The lowest BCUT2D eigenvalue weighted by atomic mass is 10.0. The predicted molar refractivity (Wildman–Crippen MR) is 70.3 cm³/mol. The van der Waals surface area contributed by atoms with Gasteiger partial charge < -0.3 is 10.5 Å². The van der Waals surface area contributed by atoms with Crippen molar-refractivity contribution >= 4 is 10.9 Å². The largest absolute Gasteiger partial charge is 0.492 e. The Morgan fingerprint density at radius 3 is 2.88 bits per heavy atom. The lowest BCUT2D eigenvalue weighted by Gasteiger charge is -2.12. The second kappa shape index (κ2) is 5.15. The van der Waals surface area contributed by atoms with Crippen molar-refractivity contribution in [2.24, 2.45) is 5.73 Å². The third-order valence-corrected chi connectivity index (χ3v) is 2.66. The van der Waals surface area contributed by atoms with Crippen molar-refractivity contribution in [2.75, 3.05) is 6.61 Å². The molecule has 0 radical (unpaired) electrons. The maximum absolute atomic E-state index is 5.86. The first kappa shape index (κ1) is 11.9. The van der Waals surface area contributed by atoms with E-state index in [9.17, 15) is 0 Å². The van der Waals surface area contributed by atoms with Crippen molar-refractivity contribution in [1.29, 1.82) is 0 Å². The molecule has 0 saturated heterocycles. The van der Waals surface area contributed by atoms with E-state index in [2.05, 4.69) is 17.1 Å². The van der Waals surface area contributed by atoms with Gasteiger partial charge in [0, 0.05) is 17.6 Å². The first-order valence-electron chi connectivity index (χ1n) is 5.97. The molecule has 17 heavy (non-hydrogen) atoms. The van der Waals surface area contributed by atoms with Crippen LogP contribution in [0.3, 0.4) is 0 Å². The van der Waals surface area contributed by atoms with Gasteiger partial charge in [-0.3, -0.25) is 4.98 Å². The van der Waals surface area contributed by atoms with Crippen molar-refractivity contribution < 1.29 is 4.74 Å². The third-order valence-electron chi connectivity index (χ3n) is 2.66. The summed E-state index contributed by atoms with van der Waals surface area (Å²) in [5, 5.41) is 1.13. The number of rotatable bonds is 4. The van der Waals surface area contributed by atoms with E-state index in [-0.39, 0.29) is 6.04 Å². The zero-order valence-electron chi connectivity index (χ0n) is 10.3. The molecule has 0 aliphatic heterocycles. The Hall–Kier alpha value is -1.61. The normalized spacial score (nSPS) is 12.6. The van der Waals surface area contributed by atoms with Crippen molar-refractivity contribution in [1.82, 2.24) is 4.98 Å². The molecule has 0 amide bonds. The number of aromatic nitrogens is 1. The molecule has 0 fully saturated rings. The number of benzene rings is 1. The van der Waals surface area contributed by atoms with Crippen LogP contribution < -0.4 is 10.5 Å². The molecule has 1 aromatic heterocycles. The minimum atomic E-state index is 0.149. The minimum Gasteiger partial charge on any atom is -0.492 e. The summed E-state index contributed by atoms with van der Waals surface area (Å²) >= 11 is 0. The smallest absolute Gasteiger partial charge is 0.145 e. The van der Waals surface area contributed by atoms with Crippen LogP contribution in [0.2, 0.25) is 0 Å². The SMILES string of the molecule is CCOc1ccc(CC(C)N)c2cccnc12. The van der Waals surface area contributed by atoms with Gasteiger partial charge in [-0.1, -0.05) is 12.1 Å². The highest BCUT2D eigenvalue weighted by atomic mass is 16.5. The molecule has 3 nitrogen and oxygen atoms in total. The summed E-state index contributed by atoms with van der Waals surface area (Å²) in [6.45, 7) is 4.64. The van der Waals surface area contributed by atoms with Gasteiger partial charge in [-0.05, 0) is 38.0 Å². The van der Waals surface area contributed by atoms with E-state index in [1.165, 1.54) is 5.56 Å². The molecule has 0 aliphatic carbocycles. The molecule has 2 aromatic rings. The highest BCUT2D eigenvalue weighted by molar-refractivity contribution is 5.87. The average Bonchev–Trinajstić information content (AvgIpc) is 2.32. The van der Waals surface area contributed by atoms with Gasteiger partial charge in [0.25, 0.3) is 0 Å². The van der Waals surface area contributed by atoms with Gasteiger partial charge in [-0.15, -0.1) is 0 Å². The van der Waals surface area contributed by atoms with E-state index in [1.54, 1.807) is 6.20 Å². The maximum Gasteiger partial charge on any atom is 0.145 e. The van der Waals surface area contributed by atoms with Gasteiger partial charge >= 0.3 is 0 Å². The van der Waals surface area contributed by atoms with E-state index in [4.69, 9.17) is 10.5 Å². The van der Waals surface area contributed by atoms with Crippen molar-refractivity contribution in [3.63, 3.8) is 0 Å². The van der Waals surface area contributed by atoms with Crippen LogP contribution in [0.4, 0.5) is 0 Å². The molecule has 1 heterocycles. The predicted octanol–water partition coefficient (Wildman–Crippen LogP) is 2.52. The lowest BCUT2D eigenvalue weighted by Crippen LogP contribution is -2.18. The fourth-order valence-electron chi connectivity index (χ4n) is 2.00. The van der Waals surface area contributed by atoms with Gasteiger partial charge in [0.15, 0.2) is 0 Å². The molecular weight excluding hydrogens is 212 g/mol. The van der Waals surface area contributed by atoms with Crippen LogP contribution in [0.15, 0.2) is 30.5 Å². The zero-order valence-corrected chi connectivity index (χ0v) is 10.3. The second-order valence-corrected chi connectivity index (χ2v) is 4.24. The molecule has 1 unspecified atom stereocenters. The summed E-state index contributed by atoms with van der Waals surface area (Å²) in [6.07, 6.45) is 2.65. The van der Waals surface area contributed by atoms with Crippen LogP contribution in [0.25, 0.3) is 10.9 Å². The Balaban J connectivity index is 2.54. The van der Waals surface area contributed by atoms with Crippen LogP contribution in [-0.2, 0) is 6.42 Å². The van der Waals surface area contributed by atoms with Gasteiger partial charge in [-0.25, -0.2) is 0 Å². The van der Waals surface area contributed by atoms with Crippen LogP contribution in [-0.4, -0.2) is 17.6 Å². The summed E-state index contributed by atoms with van der Waals surface area (Å²) in [5.41, 5.74) is 8.01. The molecule has 90 valence electrons. The quantitative estimate of drug-likeness (QED) is 0.878. The molecule has 0 saturated carbocycles. The number of nitrogens with two attached hydrogens (primary N) is 1. The maximum atomic E-state index is 5.86. The van der Waals surface area contributed by atoms with E-state index < -0.39 is 0 Å². The Labute approximate surface area is 102 Å². The van der Waals surface area contributed by atoms with Gasteiger partial charge in [0.1, 0.15) is 11.3 Å². The van der Waals surface area contributed by atoms with Crippen LogP contribution in [0.5, 0.6) is 5.75 Å². The summed E-state index contributed by atoms with van der Waals surface area (Å²) in [5.74, 6) is 0.844. The molecule has 1 atom stereocenters. The number of fused-ring (bicyclic) bond motifs is 1. The second-order valence-electron chi connectivity index (χ2n) is 4.24. The first-order chi connectivity index (χ1) is 8.22. The average molecular weight is 230 g/mol. The Morgan fingerprint density at radius 2 is 2.18 bits per heavy atom. The number of pyridine rings is 1. The lowest BCUT2D eigenvalue weighted by molar-refractivity contribution is 0.343. The van der Waals surface area contributed by atoms with Crippen LogP contribution in [0, 0.1) is 0 Å². The molecule has 0 bridgehead atoms. The third kappa shape index (κ3) is 2.56. The van der Waals surface area contributed by atoms with E-state index in [0.717, 1.165) is 23.1 Å². The van der Waals surface area contributed by atoms with Crippen molar-refractivity contribution in [2.45, 2.75) is 26.3 Å². The molecule has 2 rings (SSSR count). The van der Waals surface area contributed by atoms with Gasteiger partial charge in [-0.2, -0.15) is 0 Å². The number of hydrogen-bond acceptors (Lipinski definition) is 3. The van der Waals surface area contributed by atoms with E-state index in [0.29, 0.717) is 6.61 Å². The molecular formula is C14H18N2O. The zero-order chi connectivity index (χ0) is 12.3. The van der Waals surface area contributed by atoms with Crippen molar-refractivity contribution in [3.05, 3.63) is 36.0 Å². The molecule has 1 aromatic carbocycles. The Kier molecular flexibility index (Phi) is 3.59. The van der Waals surface area contributed by atoms with Gasteiger partial charge in [0.2, 0.25) is 0 Å². The summed E-state index contributed by atoms with van der Waals surface area (Å²) in [6, 6.07) is 8.23. The minimum absolute atomic E-state index is 0.149. The van der Waals surface area contributed by atoms with Crippen LogP contribution in [0.1, 0.15) is 19.4 Å². The fraction of sp³-hybridized carbons (Fsp3) is 0.357. The summed E-state index contributed by atoms with van der Waals surface area (Å²) in [7, 11) is 0. The number of ether oxygens (including phenoxy) is 1. The van der Waals surface area contributed by atoms with Crippen molar-refractivity contribution in [3.8, 4) is 5.75 Å². The fourth-order valence-corrected chi connectivity index (χ4v) is 2.00. The highest BCUT2D eigenvalue weighted by Crippen LogP contribution is 2.27. The molecule has 3 heteroatoms. The molecule has 0 spiro atoms. The summed E-state index contributed by atoms with van der Waals surface area (Å²) in [4.78, 5) is 4.40. The number of nitrogens with zero attached hydrogens (tertiary/aromatic N) is 1. The number of hydrogen-bond donors (Lipinski definition) is 1. The Morgan fingerprint density at radius 1 is 1.35 bits per heavy atom. The monoisotopic (exact) mass is 230 g/mol. The van der Waals surface area contributed by atoms with Gasteiger partial charge in [0.05, 0.1) is 6.61 Å². The van der Waals surface area contributed by atoms with Crippen LogP contribution >= 0.6 is 0 Å². The standard InChI is InChI=1S/C14H18N2O/c1-3-17-13-7-6-11(9-10(2)15)12-5-4-8-16-14(12)13/h4-8,10H,3,9,15H2,1-2H3. The first-order valence-corrected chi connectivity index (χ1v) is 5.97. The van der Waals surface area contributed by atoms with E-state index >= 15 is 0 Å². The molecule has 2 N–H and O–H groups in total. The summed E-state index contributed by atoms with van der Waals surface area (Å²) < 4.78 is 5.59. The molecule has 0 aliphatic rings. The topological polar surface area (TPSA) is 48.1 Å². The van der Waals surface area contributed by atoms with E-state index in [1.807, 2.05) is 26.0 Å². The Bertz CT molecular complexity index is 509.